The predicted molar refractivity (Wildman–Crippen MR) is 170 cm³/mol. The minimum atomic E-state index is -0.148. The third-order valence-electron chi connectivity index (χ3n) is 8.23. The number of nitrogens with one attached hydrogen (secondary N) is 3. The van der Waals surface area contributed by atoms with Crippen LogP contribution in [-0.4, -0.2) is 53.3 Å². The molecule has 2 saturated heterocycles. The lowest BCUT2D eigenvalue weighted by atomic mass is 10.0. The molecule has 4 aromatic rings. The summed E-state index contributed by atoms with van der Waals surface area (Å²) in [6.07, 6.45) is 6.40. The number of benzene rings is 2. The van der Waals surface area contributed by atoms with Gasteiger partial charge in [-0.05, 0) is 59.8 Å². The van der Waals surface area contributed by atoms with Crippen molar-refractivity contribution >= 4 is 51.5 Å². The molecule has 1 atom stereocenters. The number of likely N-dealkylation sites (tertiary alicyclic amines) is 1. The highest BCUT2D eigenvalue weighted by atomic mass is 32.1. The Balaban J connectivity index is 0.891. The number of aromatic nitrogens is 1. The van der Waals surface area contributed by atoms with Gasteiger partial charge < -0.3 is 20.9 Å². The number of hydrogen-bond acceptors (Lipinski definition) is 7. The molecule has 43 heavy (non-hydrogen) atoms. The van der Waals surface area contributed by atoms with Gasteiger partial charge in [0.1, 0.15) is 0 Å². The molecule has 2 aliphatic heterocycles. The van der Waals surface area contributed by atoms with Crippen molar-refractivity contribution in [1.29, 1.82) is 0 Å². The van der Waals surface area contributed by atoms with Gasteiger partial charge in [-0.15, -0.1) is 22.7 Å². The second kappa shape index (κ2) is 11.9. The number of nitrogens with zero attached hydrogens (tertiary/aromatic N) is 2. The van der Waals surface area contributed by atoms with Crippen LogP contribution < -0.4 is 16.0 Å². The fourth-order valence-corrected chi connectivity index (χ4v) is 7.59. The van der Waals surface area contributed by atoms with Crippen molar-refractivity contribution in [2.45, 2.75) is 37.8 Å². The average molecular weight is 610 g/mol. The predicted octanol–water partition coefficient (Wildman–Crippen LogP) is 5.06. The van der Waals surface area contributed by atoms with Crippen molar-refractivity contribution in [3.05, 3.63) is 99.0 Å². The summed E-state index contributed by atoms with van der Waals surface area (Å²) < 4.78 is 0. The smallest absolute Gasteiger partial charge is 0.264 e. The van der Waals surface area contributed by atoms with Crippen LogP contribution in [0.15, 0.2) is 72.4 Å². The molecule has 7 rings (SSSR count). The molecule has 2 aromatic carbocycles. The first kappa shape index (κ1) is 27.7. The lowest BCUT2D eigenvalue weighted by Gasteiger charge is -2.37. The number of rotatable bonds is 8. The van der Waals surface area contributed by atoms with Gasteiger partial charge in [-0.1, -0.05) is 48.5 Å². The van der Waals surface area contributed by atoms with E-state index in [0.717, 1.165) is 51.5 Å². The molecule has 1 aliphatic carbocycles. The SMILES string of the molecule is O=C(NCc1ccc(-c2cnc(C3CN(C(=O)c4ccc(NC(=O)[C@@H]5CCCN5)s4)C3)s2)cc1)C1=Cc2ccccc2C1. The fourth-order valence-electron chi connectivity index (χ4n) is 5.71. The standard InChI is InChI=1S/C33H31N5O3S2/c39-30(24-14-22-4-1-2-5-23(22)15-24)35-16-20-7-9-21(10-8-20)28-17-36-32(43-28)25-18-38(19-25)33(41)27-11-12-29(42-27)37-31(40)26-6-3-13-34-26/h1-2,4-5,7-12,14,17,25-26,34H,3,6,13,15-16,18-19H2,(H,35,39)(H,37,40)/t26-/m0/s1. The van der Waals surface area contributed by atoms with Gasteiger partial charge in [0.15, 0.2) is 0 Å². The Morgan fingerprint density at radius 3 is 2.63 bits per heavy atom. The molecular formula is C33H31N5O3S2. The molecule has 4 heterocycles. The van der Waals surface area contributed by atoms with E-state index >= 15 is 0 Å². The van der Waals surface area contributed by atoms with Gasteiger partial charge in [0, 0.05) is 43.7 Å². The number of anilines is 1. The molecule has 2 aromatic heterocycles. The van der Waals surface area contributed by atoms with Crippen LogP contribution in [0.2, 0.25) is 0 Å². The van der Waals surface area contributed by atoms with E-state index in [1.54, 1.807) is 23.5 Å². The zero-order chi connectivity index (χ0) is 29.3. The molecule has 218 valence electrons. The number of amides is 3. The van der Waals surface area contributed by atoms with E-state index < -0.39 is 0 Å². The highest BCUT2D eigenvalue weighted by Gasteiger charge is 2.35. The lowest BCUT2D eigenvalue weighted by molar-refractivity contribution is -0.118. The quantitative estimate of drug-likeness (QED) is 0.259. The second-order valence-corrected chi connectivity index (χ2v) is 13.3. The van der Waals surface area contributed by atoms with Crippen molar-refractivity contribution in [3.63, 3.8) is 0 Å². The van der Waals surface area contributed by atoms with Crippen LogP contribution in [-0.2, 0) is 22.6 Å². The molecule has 3 amide bonds. The monoisotopic (exact) mass is 609 g/mol. The van der Waals surface area contributed by atoms with Crippen LogP contribution in [0.3, 0.4) is 0 Å². The maximum absolute atomic E-state index is 13.0. The average Bonchev–Trinajstić information content (AvgIpc) is 3.82. The summed E-state index contributed by atoms with van der Waals surface area (Å²) in [7, 11) is 0. The van der Waals surface area contributed by atoms with Crippen LogP contribution >= 0.6 is 22.7 Å². The summed E-state index contributed by atoms with van der Waals surface area (Å²) in [5.74, 6) is 0.158. The van der Waals surface area contributed by atoms with Gasteiger partial charge >= 0.3 is 0 Å². The first-order valence-electron chi connectivity index (χ1n) is 14.6. The normalized spacial score (nSPS) is 17.7. The van der Waals surface area contributed by atoms with E-state index in [1.807, 2.05) is 47.5 Å². The first-order chi connectivity index (χ1) is 21.0. The minimum absolute atomic E-state index is 0.00559. The number of carbonyl (C=O) groups excluding carboxylic acids is 3. The van der Waals surface area contributed by atoms with Crippen molar-refractivity contribution in [1.82, 2.24) is 20.5 Å². The Kier molecular flexibility index (Phi) is 7.65. The summed E-state index contributed by atoms with van der Waals surface area (Å²) in [6.45, 7) is 2.61. The summed E-state index contributed by atoms with van der Waals surface area (Å²) >= 11 is 2.98. The van der Waals surface area contributed by atoms with Crippen LogP contribution in [0.1, 0.15) is 50.1 Å². The van der Waals surface area contributed by atoms with E-state index in [4.69, 9.17) is 0 Å². The Hall–Kier alpha value is -4.12. The molecule has 0 radical (unpaired) electrons. The molecular weight excluding hydrogens is 579 g/mol. The summed E-state index contributed by atoms with van der Waals surface area (Å²) in [5, 5.41) is 10.9. The van der Waals surface area contributed by atoms with E-state index in [2.05, 4.69) is 39.1 Å². The van der Waals surface area contributed by atoms with E-state index in [0.29, 0.717) is 35.9 Å². The van der Waals surface area contributed by atoms with Crippen LogP contribution in [0.5, 0.6) is 0 Å². The molecule has 0 spiro atoms. The summed E-state index contributed by atoms with van der Waals surface area (Å²) in [5.41, 5.74) is 5.24. The zero-order valence-corrected chi connectivity index (χ0v) is 25.1. The summed E-state index contributed by atoms with van der Waals surface area (Å²) in [6, 6.07) is 19.8. The minimum Gasteiger partial charge on any atom is -0.348 e. The molecule has 3 N–H and O–H groups in total. The largest absolute Gasteiger partial charge is 0.348 e. The van der Waals surface area contributed by atoms with Crippen molar-refractivity contribution in [2.75, 3.05) is 25.0 Å². The number of thiophene rings is 1. The molecule has 2 fully saturated rings. The second-order valence-electron chi connectivity index (χ2n) is 11.2. The highest BCUT2D eigenvalue weighted by molar-refractivity contribution is 7.18. The third kappa shape index (κ3) is 5.90. The van der Waals surface area contributed by atoms with Crippen LogP contribution in [0, 0.1) is 0 Å². The van der Waals surface area contributed by atoms with Gasteiger partial charge in [-0.3, -0.25) is 14.4 Å². The molecule has 8 nitrogen and oxygen atoms in total. The van der Waals surface area contributed by atoms with Crippen LogP contribution in [0.25, 0.3) is 16.5 Å². The number of carbonyl (C=O) groups is 3. The molecule has 0 bridgehead atoms. The van der Waals surface area contributed by atoms with Gasteiger partial charge in [0.2, 0.25) is 11.8 Å². The van der Waals surface area contributed by atoms with Crippen molar-refractivity contribution in [2.24, 2.45) is 0 Å². The number of thiazole rings is 1. The fraction of sp³-hybridized carbons (Fsp3) is 0.273. The van der Waals surface area contributed by atoms with Gasteiger partial charge in [0.25, 0.3) is 5.91 Å². The van der Waals surface area contributed by atoms with Gasteiger partial charge in [-0.25, -0.2) is 4.98 Å². The molecule has 0 unspecified atom stereocenters. The Morgan fingerprint density at radius 2 is 1.84 bits per heavy atom. The maximum Gasteiger partial charge on any atom is 0.264 e. The topological polar surface area (TPSA) is 103 Å². The highest BCUT2D eigenvalue weighted by Crippen LogP contribution is 2.36. The lowest BCUT2D eigenvalue weighted by Crippen LogP contribution is -2.48. The van der Waals surface area contributed by atoms with E-state index in [9.17, 15) is 14.4 Å². The molecule has 10 heteroatoms. The summed E-state index contributed by atoms with van der Waals surface area (Å²) in [4.78, 5) is 46.3. The Labute approximate surface area is 257 Å². The van der Waals surface area contributed by atoms with E-state index in [-0.39, 0.29) is 29.7 Å². The Bertz CT molecular complexity index is 1710. The van der Waals surface area contributed by atoms with Crippen LogP contribution in [0.4, 0.5) is 5.00 Å². The van der Waals surface area contributed by atoms with Gasteiger partial charge in [-0.2, -0.15) is 0 Å². The molecule has 3 aliphatic rings. The number of fused-ring (bicyclic) bond motifs is 1. The van der Waals surface area contributed by atoms with Gasteiger partial charge in [0.05, 0.1) is 25.8 Å². The Morgan fingerprint density at radius 1 is 1.00 bits per heavy atom. The zero-order valence-electron chi connectivity index (χ0n) is 23.5. The van der Waals surface area contributed by atoms with Crippen molar-refractivity contribution < 1.29 is 14.4 Å². The molecule has 0 saturated carbocycles. The van der Waals surface area contributed by atoms with E-state index in [1.165, 1.54) is 16.9 Å². The first-order valence-corrected chi connectivity index (χ1v) is 16.2. The maximum atomic E-state index is 13.0. The third-order valence-corrected chi connectivity index (χ3v) is 10.4. The number of hydrogen-bond donors (Lipinski definition) is 3. The van der Waals surface area contributed by atoms with Crippen molar-refractivity contribution in [3.8, 4) is 10.4 Å².